The Hall–Kier alpha value is -1.75. The summed E-state index contributed by atoms with van der Waals surface area (Å²) in [5.41, 5.74) is 0.210. The van der Waals surface area contributed by atoms with Crippen LogP contribution in [0.3, 0.4) is 0 Å². The van der Waals surface area contributed by atoms with Crippen molar-refractivity contribution in [2.75, 3.05) is 33.9 Å². The molecule has 1 aliphatic heterocycles. The van der Waals surface area contributed by atoms with Crippen LogP contribution in [0.4, 0.5) is 0 Å². The highest BCUT2D eigenvalue weighted by atomic mass is 16.5. The van der Waals surface area contributed by atoms with Gasteiger partial charge < -0.3 is 19.5 Å². The van der Waals surface area contributed by atoms with Crippen LogP contribution in [0.1, 0.15) is 23.2 Å². The Morgan fingerprint density at radius 3 is 2.90 bits per heavy atom. The highest BCUT2D eigenvalue weighted by Crippen LogP contribution is 2.29. The fourth-order valence-corrected chi connectivity index (χ4v) is 2.54. The molecule has 0 radical (unpaired) electrons. The van der Waals surface area contributed by atoms with E-state index in [1.807, 2.05) is 0 Å². The van der Waals surface area contributed by atoms with Gasteiger partial charge in [-0.15, -0.1) is 0 Å². The SMILES string of the molecule is COc1ccc(C(=O)O)cc1OCC1CCCN(C)C1. The quantitative estimate of drug-likeness (QED) is 0.894. The van der Waals surface area contributed by atoms with Crippen LogP contribution in [-0.4, -0.2) is 49.8 Å². The second-order valence-electron chi connectivity index (χ2n) is 5.25. The number of hydrogen-bond acceptors (Lipinski definition) is 4. The molecule has 0 spiro atoms. The first-order valence-electron chi connectivity index (χ1n) is 6.83. The molecule has 2 rings (SSSR count). The second-order valence-corrected chi connectivity index (χ2v) is 5.25. The van der Waals surface area contributed by atoms with Gasteiger partial charge in [0.25, 0.3) is 0 Å². The molecule has 0 saturated carbocycles. The molecule has 1 N–H and O–H groups in total. The molecule has 0 bridgehead atoms. The van der Waals surface area contributed by atoms with Crippen molar-refractivity contribution in [3.8, 4) is 11.5 Å². The van der Waals surface area contributed by atoms with Crippen LogP contribution in [0.2, 0.25) is 0 Å². The summed E-state index contributed by atoms with van der Waals surface area (Å²) in [7, 11) is 3.66. The molecule has 110 valence electrons. The van der Waals surface area contributed by atoms with Gasteiger partial charge in [0, 0.05) is 12.5 Å². The fourth-order valence-electron chi connectivity index (χ4n) is 2.54. The summed E-state index contributed by atoms with van der Waals surface area (Å²) in [4.78, 5) is 13.3. The molecular weight excluding hydrogens is 258 g/mol. The minimum Gasteiger partial charge on any atom is -0.493 e. The van der Waals surface area contributed by atoms with Gasteiger partial charge in [-0.3, -0.25) is 0 Å². The summed E-state index contributed by atoms with van der Waals surface area (Å²) in [5, 5.41) is 9.02. The lowest BCUT2D eigenvalue weighted by Crippen LogP contribution is -2.34. The Kier molecular flexibility index (Phi) is 4.84. The van der Waals surface area contributed by atoms with Crippen LogP contribution in [0.5, 0.6) is 11.5 Å². The third kappa shape index (κ3) is 3.63. The molecule has 1 saturated heterocycles. The average Bonchev–Trinajstić information content (AvgIpc) is 2.44. The molecule has 0 aromatic heterocycles. The van der Waals surface area contributed by atoms with Gasteiger partial charge >= 0.3 is 5.97 Å². The van der Waals surface area contributed by atoms with Gasteiger partial charge in [0.1, 0.15) is 0 Å². The van der Waals surface area contributed by atoms with E-state index in [1.165, 1.54) is 18.6 Å². The number of nitrogens with zero attached hydrogens (tertiary/aromatic N) is 1. The summed E-state index contributed by atoms with van der Waals surface area (Å²) in [6.45, 7) is 2.74. The number of benzene rings is 1. The summed E-state index contributed by atoms with van der Waals surface area (Å²) in [6.07, 6.45) is 2.32. The predicted octanol–water partition coefficient (Wildman–Crippen LogP) is 2.11. The molecule has 1 atom stereocenters. The number of methoxy groups -OCH3 is 1. The van der Waals surface area contributed by atoms with E-state index >= 15 is 0 Å². The highest BCUT2D eigenvalue weighted by molar-refractivity contribution is 5.88. The van der Waals surface area contributed by atoms with Gasteiger partial charge in [0.2, 0.25) is 0 Å². The Labute approximate surface area is 119 Å². The number of likely N-dealkylation sites (tertiary alicyclic amines) is 1. The van der Waals surface area contributed by atoms with Crippen molar-refractivity contribution in [2.45, 2.75) is 12.8 Å². The van der Waals surface area contributed by atoms with E-state index in [0.717, 1.165) is 19.5 Å². The minimum atomic E-state index is -0.963. The van der Waals surface area contributed by atoms with E-state index in [0.29, 0.717) is 24.0 Å². The van der Waals surface area contributed by atoms with Crippen molar-refractivity contribution in [1.82, 2.24) is 4.90 Å². The molecule has 1 aliphatic rings. The van der Waals surface area contributed by atoms with Gasteiger partial charge in [0.15, 0.2) is 11.5 Å². The number of hydrogen-bond donors (Lipinski definition) is 1. The number of carboxylic acid groups (broad SMARTS) is 1. The van der Waals surface area contributed by atoms with Crippen molar-refractivity contribution in [3.63, 3.8) is 0 Å². The fraction of sp³-hybridized carbons (Fsp3) is 0.533. The van der Waals surface area contributed by atoms with E-state index in [9.17, 15) is 4.79 Å². The average molecular weight is 279 g/mol. The molecule has 5 nitrogen and oxygen atoms in total. The minimum absolute atomic E-state index is 0.210. The van der Waals surface area contributed by atoms with Crippen LogP contribution >= 0.6 is 0 Å². The molecule has 1 fully saturated rings. The van der Waals surface area contributed by atoms with Crippen molar-refractivity contribution in [1.29, 1.82) is 0 Å². The normalized spacial score (nSPS) is 19.6. The second kappa shape index (κ2) is 6.61. The van der Waals surface area contributed by atoms with E-state index in [-0.39, 0.29) is 5.56 Å². The topological polar surface area (TPSA) is 59.0 Å². The van der Waals surface area contributed by atoms with Crippen molar-refractivity contribution in [2.24, 2.45) is 5.92 Å². The van der Waals surface area contributed by atoms with Gasteiger partial charge in [-0.2, -0.15) is 0 Å². The van der Waals surface area contributed by atoms with Gasteiger partial charge in [-0.05, 0) is 44.6 Å². The van der Waals surface area contributed by atoms with E-state index in [1.54, 1.807) is 13.2 Å². The molecule has 5 heteroatoms. The van der Waals surface area contributed by atoms with Crippen molar-refractivity contribution < 1.29 is 19.4 Å². The first-order valence-corrected chi connectivity index (χ1v) is 6.83. The standard InChI is InChI=1S/C15H21NO4/c1-16-7-3-4-11(9-16)10-20-14-8-12(15(17)18)5-6-13(14)19-2/h5-6,8,11H,3-4,7,9-10H2,1-2H3,(H,17,18). The number of carbonyl (C=O) groups is 1. The first-order chi connectivity index (χ1) is 9.60. The summed E-state index contributed by atoms with van der Waals surface area (Å²) in [6, 6.07) is 4.67. The number of aromatic carboxylic acids is 1. The first kappa shape index (κ1) is 14.7. The highest BCUT2D eigenvalue weighted by Gasteiger charge is 2.19. The maximum atomic E-state index is 11.0. The van der Waals surface area contributed by atoms with E-state index in [2.05, 4.69) is 11.9 Å². The number of piperidine rings is 1. The van der Waals surface area contributed by atoms with Crippen molar-refractivity contribution >= 4 is 5.97 Å². The summed E-state index contributed by atoms with van der Waals surface area (Å²) in [5.74, 6) is 0.585. The van der Waals surface area contributed by atoms with E-state index in [4.69, 9.17) is 14.6 Å². The van der Waals surface area contributed by atoms with Crippen LogP contribution in [0.15, 0.2) is 18.2 Å². The third-order valence-corrected chi connectivity index (χ3v) is 3.61. The van der Waals surface area contributed by atoms with Crippen LogP contribution < -0.4 is 9.47 Å². The van der Waals surface area contributed by atoms with Gasteiger partial charge in [-0.1, -0.05) is 0 Å². The van der Waals surface area contributed by atoms with Crippen LogP contribution in [0.25, 0.3) is 0 Å². The lowest BCUT2D eigenvalue weighted by Gasteiger charge is -2.29. The van der Waals surface area contributed by atoms with Gasteiger partial charge in [-0.25, -0.2) is 4.79 Å². The molecular formula is C15H21NO4. The molecule has 1 aromatic rings. The zero-order valence-corrected chi connectivity index (χ0v) is 12.0. The Bertz CT molecular complexity index is 475. The molecule has 1 aromatic carbocycles. The lowest BCUT2D eigenvalue weighted by molar-refractivity contribution is 0.0696. The summed E-state index contributed by atoms with van der Waals surface area (Å²) >= 11 is 0. The third-order valence-electron chi connectivity index (χ3n) is 3.61. The smallest absolute Gasteiger partial charge is 0.335 e. The molecule has 20 heavy (non-hydrogen) atoms. The van der Waals surface area contributed by atoms with Crippen LogP contribution in [-0.2, 0) is 0 Å². The number of rotatable bonds is 5. The molecule has 1 unspecified atom stereocenters. The Morgan fingerprint density at radius 2 is 2.25 bits per heavy atom. The number of carboxylic acids is 1. The maximum Gasteiger partial charge on any atom is 0.335 e. The van der Waals surface area contributed by atoms with E-state index < -0.39 is 5.97 Å². The Balaban J connectivity index is 2.03. The van der Waals surface area contributed by atoms with Crippen LogP contribution in [0, 0.1) is 5.92 Å². The number of ether oxygens (including phenoxy) is 2. The predicted molar refractivity (Wildman–Crippen MR) is 75.7 cm³/mol. The lowest BCUT2D eigenvalue weighted by atomic mass is 9.99. The summed E-state index contributed by atoms with van der Waals surface area (Å²) < 4.78 is 11.0. The maximum absolute atomic E-state index is 11.0. The van der Waals surface area contributed by atoms with Gasteiger partial charge in [0.05, 0.1) is 19.3 Å². The monoisotopic (exact) mass is 279 g/mol. The zero-order valence-electron chi connectivity index (χ0n) is 12.0. The molecule has 0 amide bonds. The Morgan fingerprint density at radius 1 is 1.45 bits per heavy atom. The molecule has 1 heterocycles. The van der Waals surface area contributed by atoms with Crippen molar-refractivity contribution in [3.05, 3.63) is 23.8 Å². The zero-order chi connectivity index (χ0) is 14.5. The molecule has 0 aliphatic carbocycles. The largest absolute Gasteiger partial charge is 0.493 e.